The van der Waals surface area contributed by atoms with Gasteiger partial charge in [0.15, 0.2) is 0 Å². The van der Waals surface area contributed by atoms with Crippen LogP contribution in [0.5, 0.6) is 0 Å². The predicted molar refractivity (Wildman–Crippen MR) is 68.8 cm³/mol. The fourth-order valence-corrected chi connectivity index (χ4v) is 2.99. The Labute approximate surface area is 110 Å². The Morgan fingerprint density at radius 3 is 2.61 bits per heavy atom. The molecule has 7 heteroatoms. The normalized spacial score (nSPS) is 13.4. The van der Waals surface area contributed by atoms with Gasteiger partial charge in [-0.25, -0.2) is 13.1 Å². The van der Waals surface area contributed by atoms with Crippen molar-refractivity contribution in [3.05, 3.63) is 48.3 Å². The summed E-state index contributed by atoms with van der Waals surface area (Å²) in [6.07, 6.45) is 2.57. The standard InChI is InChI=1S/C11H12ClN3O2S/c12-6-11(9-4-2-1-3-5-9)15-18(16,17)10-7-13-14-8-10/h1-5,7-8,11,15H,6H2,(H,13,14). The van der Waals surface area contributed by atoms with Crippen molar-refractivity contribution in [1.82, 2.24) is 14.9 Å². The van der Waals surface area contributed by atoms with Gasteiger partial charge in [-0.05, 0) is 5.56 Å². The molecule has 0 aliphatic carbocycles. The van der Waals surface area contributed by atoms with Gasteiger partial charge in [0.1, 0.15) is 4.90 Å². The molecule has 0 saturated heterocycles. The van der Waals surface area contributed by atoms with Gasteiger partial charge in [0.05, 0.1) is 12.2 Å². The molecule has 1 aromatic heterocycles. The summed E-state index contributed by atoms with van der Waals surface area (Å²) in [4.78, 5) is 0.0912. The van der Waals surface area contributed by atoms with E-state index in [0.717, 1.165) is 5.56 Å². The summed E-state index contributed by atoms with van der Waals surface area (Å²) in [5.74, 6) is 0.154. The van der Waals surface area contributed by atoms with Crippen molar-refractivity contribution >= 4 is 21.6 Å². The van der Waals surface area contributed by atoms with Crippen LogP contribution in [0.1, 0.15) is 11.6 Å². The van der Waals surface area contributed by atoms with Gasteiger partial charge >= 0.3 is 0 Å². The fraction of sp³-hybridized carbons (Fsp3) is 0.182. The third kappa shape index (κ3) is 2.90. The van der Waals surface area contributed by atoms with Crippen LogP contribution in [0.15, 0.2) is 47.6 Å². The number of aromatic nitrogens is 2. The van der Waals surface area contributed by atoms with Gasteiger partial charge in [-0.2, -0.15) is 5.10 Å². The number of alkyl halides is 1. The molecule has 0 aliphatic rings. The zero-order valence-electron chi connectivity index (χ0n) is 9.38. The molecule has 0 amide bonds. The maximum atomic E-state index is 12.0. The highest BCUT2D eigenvalue weighted by Crippen LogP contribution is 2.17. The number of benzene rings is 1. The van der Waals surface area contributed by atoms with Gasteiger partial charge in [-0.15, -0.1) is 11.6 Å². The molecule has 2 N–H and O–H groups in total. The minimum atomic E-state index is -3.60. The average Bonchev–Trinajstić information content (AvgIpc) is 2.92. The van der Waals surface area contributed by atoms with Crippen LogP contribution in [0.25, 0.3) is 0 Å². The number of hydrogen-bond acceptors (Lipinski definition) is 3. The Morgan fingerprint density at radius 2 is 2.06 bits per heavy atom. The summed E-state index contributed by atoms with van der Waals surface area (Å²) in [5, 5.41) is 6.08. The molecular weight excluding hydrogens is 274 g/mol. The number of nitrogens with one attached hydrogen (secondary N) is 2. The van der Waals surface area contributed by atoms with Crippen molar-refractivity contribution in [2.24, 2.45) is 0 Å². The molecule has 0 spiro atoms. The lowest BCUT2D eigenvalue weighted by Crippen LogP contribution is -2.29. The van der Waals surface area contributed by atoms with Gasteiger partial charge in [-0.1, -0.05) is 30.3 Å². The fourth-order valence-electron chi connectivity index (χ4n) is 1.52. The van der Waals surface area contributed by atoms with Crippen molar-refractivity contribution in [2.45, 2.75) is 10.9 Å². The highest BCUT2D eigenvalue weighted by molar-refractivity contribution is 7.89. The summed E-state index contributed by atoms with van der Waals surface area (Å²) in [6.45, 7) is 0. The molecule has 2 aromatic rings. The van der Waals surface area contributed by atoms with Crippen molar-refractivity contribution in [3.63, 3.8) is 0 Å². The molecule has 0 bridgehead atoms. The molecule has 18 heavy (non-hydrogen) atoms. The lowest BCUT2D eigenvalue weighted by molar-refractivity contribution is 0.568. The smallest absolute Gasteiger partial charge is 0.244 e. The van der Waals surface area contributed by atoms with Crippen molar-refractivity contribution in [3.8, 4) is 0 Å². The highest BCUT2D eigenvalue weighted by Gasteiger charge is 2.21. The van der Waals surface area contributed by atoms with Gasteiger partial charge in [0, 0.05) is 12.1 Å². The van der Waals surface area contributed by atoms with Gasteiger partial charge < -0.3 is 0 Å². The van der Waals surface area contributed by atoms with E-state index in [2.05, 4.69) is 14.9 Å². The Bertz CT molecular complexity index is 584. The Balaban J connectivity index is 2.22. The summed E-state index contributed by atoms with van der Waals surface area (Å²) in [5.41, 5.74) is 0.819. The number of H-pyrrole nitrogens is 1. The van der Waals surface area contributed by atoms with Crippen LogP contribution in [-0.2, 0) is 10.0 Å². The van der Waals surface area contributed by atoms with Crippen molar-refractivity contribution < 1.29 is 8.42 Å². The molecule has 1 aromatic carbocycles. The second kappa shape index (κ2) is 5.51. The largest absolute Gasteiger partial charge is 0.284 e. The number of sulfonamides is 1. The van der Waals surface area contributed by atoms with E-state index in [1.54, 1.807) is 0 Å². The van der Waals surface area contributed by atoms with Crippen LogP contribution in [-0.4, -0.2) is 24.5 Å². The molecule has 1 heterocycles. The zero-order chi connectivity index (χ0) is 13.0. The van der Waals surface area contributed by atoms with Crippen LogP contribution in [0.2, 0.25) is 0 Å². The summed E-state index contributed by atoms with van der Waals surface area (Å²) in [6, 6.07) is 8.71. The summed E-state index contributed by atoms with van der Waals surface area (Å²) in [7, 11) is -3.60. The molecular formula is C11H12ClN3O2S. The molecule has 0 radical (unpaired) electrons. The molecule has 1 atom stereocenters. The molecule has 0 aliphatic heterocycles. The lowest BCUT2D eigenvalue weighted by atomic mass is 10.1. The first-order valence-corrected chi connectivity index (χ1v) is 7.27. The number of rotatable bonds is 5. The van der Waals surface area contributed by atoms with Crippen molar-refractivity contribution in [1.29, 1.82) is 0 Å². The third-order valence-corrected chi connectivity index (χ3v) is 4.18. The first-order valence-electron chi connectivity index (χ1n) is 5.25. The number of hydrogen-bond donors (Lipinski definition) is 2. The molecule has 5 nitrogen and oxygen atoms in total. The Kier molecular flexibility index (Phi) is 4.00. The van der Waals surface area contributed by atoms with Crippen LogP contribution in [0.3, 0.4) is 0 Å². The predicted octanol–water partition coefficient (Wildman–Crippen LogP) is 1.67. The van der Waals surface area contributed by atoms with Crippen LogP contribution < -0.4 is 4.72 Å². The van der Waals surface area contributed by atoms with Gasteiger partial charge in [0.2, 0.25) is 10.0 Å². The van der Waals surface area contributed by atoms with Crippen molar-refractivity contribution in [2.75, 3.05) is 5.88 Å². The molecule has 96 valence electrons. The first-order chi connectivity index (χ1) is 8.63. The maximum Gasteiger partial charge on any atom is 0.244 e. The Morgan fingerprint density at radius 1 is 1.33 bits per heavy atom. The van der Waals surface area contributed by atoms with E-state index in [1.165, 1.54) is 12.4 Å². The summed E-state index contributed by atoms with van der Waals surface area (Å²) < 4.78 is 26.6. The average molecular weight is 286 g/mol. The molecule has 0 fully saturated rings. The topological polar surface area (TPSA) is 74.8 Å². The molecule has 2 rings (SSSR count). The van der Waals surface area contributed by atoms with Crippen LogP contribution >= 0.6 is 11.6 Å². The van der Waals surface area contributed by atoms with E-state index < -0.39 is 16.1 Å². The van der Waals surface area contributed by atoms with E-state index in [0.29, 0.717) is 0 Å². The monoisotopic (exact) mass is 285 g/mol. The van der Waals surface area contributed by atoms with Crippen LogP contribution in [0.4, 0.5) is 0 Å². The third-order valence-electron chi connectivity index (χ3n) is 2.44. The quantitative estimate of drug-likeness (QED) is 0.821. The molecule has 1 unspecified atom stereocenters. The van der Waals surface area contributed by atoms with E-state index in [9.17, 15) is 8.42 Å². The van der Waals surface area contributed by atoms with Gasteiger partial charge in [-0.3, -0.25) is 5.10 Å². The van der Waals surface area contributed by atoms with E-state index in [4.69, 9.17) is 11.6 Å². The van der Waals surface area contributed by atoms with E-state index in [-0.39, 0.29) is 10.8 Å². The Hall–Kier alpha value is -1.37. The highest BCUT2D eigenvalue weighted by atomic mass is 35.5. The minimum absolute atomic E-state index is 0.0912. The van der Waals surface area contributed by atoms with Gasteiger partial charge in [0.25, 0.3) is 0 Å². The lowest BCUT2D eigenvalue weighted by Gasteiger charge is -2.15. The second-order valence-electron chi connectivity index (χ2n) is 3.67. The second-order valence-corrected chi connectivity index (χ2v) is 5.70. The van der Waals surface area contributed by atoms with E-state index >= 15 is 0 Å². The van der Waals surface area contributed by atoms with Crippen LogP contribution in [0, 0.1) is 0 Å². The summed E-state index contributed by atoms with van der Waals surface area (Å²) >= 11 is 5.82. The number of aromatic amines is 1. The first kappa shape index (κ1) is 13.1. The number of halogens is 1. The SMILES string of the molecule is O=S(=O)(NC(CCl)c1ccccc1)c1cn[nH]c1. The zero-order valence-corrected chi connectivity index (χ0v) is 10.9. The number of nitrogens with zero attached hydrogens (tertiary/aromatic N) is 1. The molecule has 0 saturated carbocycles. The van der Waals surface area contributed by atoms with E-state index in [1.807, 2.05) is 30.3 Å². The maximum absolute atomic E-state index is 12.0. The minimum Gasteiger partial charge on any atom is -0.284 e.